The van der Waals surface area contributed by atoms with Gasteiger partial charge in [-0.2, -0.15) is 23.1 Å². The molecule has 0 bridgehead atoms. The first-order valence-electron chi connectivity index (χ1n) is 12.3. The van der Waals surface area contributed by atoms with Crippen molar-refractivity contribution in [2.24, 2.45) is 11.3 Å². The number of hydrogen-bond donors (Lipinski definition) is 0. The molecule has 0 N–H and O–H groups in total. The zero-order valence-electron chi connectivity index (χ0n) is 21.6. The molecule has 1 fully saturated rings. The van der Waals surface area contributed by atoms with Gasteiger partial charge in [-0.15, -0.1) is 0 Å². The van der Waals surface area contributed by atoms with E-state index in [1.165, 1.54) is 20.0 Å². The molecule has 4 rings (SSSR count). The molecule has 1 aliphatic carbocycles. The molecule has 6 nitrogen and oxygen atoms in total. The van der Waals surface area contributed by atoms with E-state index in [-0.39, 0.29) is 30.8 Å². The van der Waals surface area contributed by atoms with Crippen LogP contribution in [0.4, 0.5) is 13.2 Å². The number of carbonyl (C=O) groups excluding carboxylic acids is 1. The van der Waals surface area contributed by atoms with Crippen molar-refractivity contribution >= 4 is 17.4 Å². The van der Waals surface area contributed by atoms with Gasteiger partial charge in [-0.3, -0.25) is 4.79 Å². The Morgan fingerprint density at radius 1 is 1.05 bits per heavy atom. The molecule has 1 aromatic heterocycles. The molecule has 1 aliphatic rings. The topological polar surface area (TPSA) is 74.2 Å². The quantitative estimate of drug-likeness (QED) is 0.269. The van der Waals surface area contributed by atoms with Crippen molar-refractivity contribution in [3.05, 3.63) is 53.1 Å². The van der Waals surface area contributed by atoms with Crippen LogP contribution in [0.2, 0.25) is 5.02 Å². The Bertz CT molecular complexity index is 1310. The lowest BCUT2D eigenvalue weighted by atomic mass is 9.84. The fraction of sp³-hybridized carbons (Fsp3) is 0.429. The average molecular weight is 548 g/mol. The predicted octanol–water partition coefficient (Wildman–Crippen LogP) is 7.14. The first kappa shape index (κ1) is 27.8. The van der Waals surface area contributed by atoms with Gasteiger partial charge < -0.3 is 9.47 Å². The average Bonchev–Trinajstić information content (AvgIpc) is 3.73. The van der Waals surface area contributed by atoms with Crippen molar-refractivity contribution in [1.29, 1.82) is 0 Å². The van der Waals surface area contributed by atoms with Crippen LogP contribution in [0, 0.1) is 11.3 Å². The van der Waals surface area contributed by atoms with Crippen molar-refractivity contribution < 1.29 is 27.4 Å². The Morgan fingerprint density at radius 3 is 2.32 bits per heavy atom. The first-order valence-corrected chi connectivity index (χ1v) is 12.7. The molecular formula is C28H29ClF3N3O3. The molecule has 3 aromatic rings. The van der Waals surface area contributed by atoms with Crippen LogP contribution in [0.1, 0.15) is 45.6 Å². The second-order valence-corrected chi connectivity index (χ2v) is 10.4. The lowest BCUT2D eigenvalue weighted by Crippen LogP contribution is -2.39. The van der Waals surface area contributed by atoms with E-state index >= 15 is 0 Å². The maximum Gasteiger partial charge on any atom is 0.400 e. The first-order chi connectivity index (χ1) is 17.9. The van der Waals surface area contributed by atoms with E-state index in [1.54, 1.807) is 18.2 Å². The Labute approximate surface area is 224 Å². The van der Waals surface area contributed by atoms with Crippen LogP contribution >= 0.6 is 11.6 Å². The third-order valence-electron chi connectivity index (χ3n) is 6.84. The van der Waals surface area contributed by atoms with E-state index in [0.717, 1.165) is 19.6 Å². The SMILES string of the molecule is COc1nc(-c2ccc(O[C@H](C)C3CC3)cc2)nc(-c2cc(CCC(=O)C(C)(C)C(F)(F)F)ccc2Cl)n1. The third-order valence-corrected chi connectivity index (χ3v) is 7.17. The minimum absolute atomic E-state index is 0.0799. The van der Waals surface area contributed by atoms with E-state index in [9.17, 15) is 18.0 Å². The molecule has 202 valence electrons. The number of carbonyl (C=O) groups is 1. The summed E-state index contributed by atoms with van der Waals surface area (Å²) in [6.07, 6.45) is -2.23. The number of alkyl halides is 3. The summed E-state index contributed by atoms with van der Waals surface area (Å²) in [4.78, 5) is 25.6. The van der Waals surface area contributed by atoms with Crippen LogP contribution in [0.3, 0.4) is 0 Å². The summed E-state index contributed by atoms with van der Waals surface area (Å²) in [5.41, 5.74) is -0.629. The number of aryl methyl sites for hydroxylation is 1. The monoisotopic (exact) mass is 547 g/mol. The summed E-state index contributed by atoms with van der Waals surface area (Å²) in [5.74, 6) is 1.08. The van der Waals surface area contributed by atoms with Gasteiger partial charge in [-0.1, -0.05) is 17.7 Å². The number of nitrogens with zero attached hydrogens (tertiary/aromatic N) is 3. The van der Waals surface area contributed by atoms with Gasteiger partial charge in [-0.05, 0) is 87.9 Å². The minimum atomic E-state index is -4.62. The molecule has 1 heterocycles. The van der Waals surface area contributed by atoms with Crippen LogP contribution in [0.25, 0.3) is 22.8 Å². The summed E-state index contributed by atoms with van der Waals surface area (Å²) in [5, 5.41) is 0.340. The second-order valence-electron chi connectivity index (χ2n) is 10.0. The number of hydrogen-bond acceptors (Lipinski definition) is 6. The van der Waals surface area contributed by atoms with E-state index < -0.39 is 17.4 Å². The van der Waals surface area contributed by atoms with Gasteiger partial charge in [-0.25, -0.2) is 4.98 Å². The number of halogens is 4. The number of aromatic nitrogens is 3. The van der Waals surface area contributed by atoms with Crippen molar-refractivity contribution in [2.75, 3.05) is 7.11 Å². The van der Waals surface area contributed by atoms with Crippen molar-refractivity contribution in [3.63, 3.8) is 0 Å². The summed E-state index contributed by atoms with van der Waals surface area (Å²) in [6, 6.07) is 12.4. The fourth-order valence-corrected chi connectivity index (χ4v) is 4.09. The van der Waals surface area contributed by atoms with Crippen LogP contribution in [-0.4, -0.2) is 40.1 Å². The van der Waals surface area contributed by atoms with Gasteiger partial charge >= 0.3 is 12.2 Å². The maximum absolute atomic E-state index is 13.2. The normalized spacial score (nSPS) is 14.7. The zero-order valence-corrected chi connectivity index (χ0v) is 22.4. The van der Waals surface area contributed by atoms with E-state index in [1.807, 2.05) is 24.3 Å². The number of ketones is 1. The van der Waals surface area contributed by atoms with Gasteiger partial charge in [0.25, 0.3) is 0 Å². The number of ether oxygens (including phenoxy) is 2. The molecule has 0 spiro atoms. The molecule has 0 unspecified atom stereocenters. The number of methoxy groups -OCH3 is 1. The summed E-state index contributed by atoms with van der Waals surface area (Å²) < 4.78 is 51.0. The highest BCUT2D eigenvalue weighted by atomic mass is 35.5. The smallest absolute Gasteiger partial charge is 0.400 e. The van der Waals surface area contributed by atoms with Gasteiger partial charge in [0.05, 0.1) is 18.2 Å². The molecule has 10 heteroatoms. The number of rotatable bonds is 10. The Kier molecular flexibility index (Phi) is 7.97. The highest BCUT2D eigenvalue weighted by Gasteiger charge is 2.51. The summed E-state index contributed by atoms with van der Waals surface area (Å²) in [7, 11) is 1.44. The van der Waals surface area contributed by atoms with Crippen molar-refractivity contribution in [2.45, 2.75) is 58.7 Å². The number of benzene rings is 2. The van der Waals surface area contributed by atoms with Crippen LogP contribution in [0.15, 0.2) is 42.5 Å². The molecule has 0 amide bonds. The lowest BCUT2D eigenvalue weighted by molar-refractivity contribution is -0.210. The second kappa shape index (κ2) is 10.9. The molecule has 0 aliphatic heterocycles. The largest absolute Gasteiger partial charge is 0.490 e. The van der Waals surface area contributed by atoms with Gasteiger partial charge in [0.2, 0.25) is 0 Å². The Morgan fingerprint density at radius 2 is 1.71 bits per heavy atom. The Balaban J connectivity index is 1.57. The molecule has 0 saturated heterocycles. The highest BCUT2D eigenvalue weighted by Crippen LogP contribution is 2.39. The zero-order chi connectivity index (χ0) is 27.7. The molecule has 0 radical (unpaired) electrons. The molecule has 1 saturated carbocycles. The molecule has 1 atom stereocenters. The van der Waals surface area contributed by atoms with Crippen LogP contribution in [0.5, 0.6) is 11.8 Å². The third kappa shape index (κ3) is 6.26. The van der Waals surface area contributed by atoms with Crippen molar-refractivity contribution in [1.82, 2.24) is 15.0 Å². The van der Waals surface area contributed by atoms with Gasteiger partial charge in [0.15, 0.2) is 11.6 Å². The van der Waals surface area contributed by atoms with E-state index in [2.05, 4.69) is 21.9 Å². The van der Waals surface area contributed by atoms with E-state index in [0.29, 0.717) is 33.5 Å². The Hall–Kier alpha value is -3.20. The van der Waals surface area contributed by atoms with Gasteiger partial charge in [0, 0.05) is 17.5 Å². The standard InChI is InChI=1S/C28H29ClF3N3O3/c1-16(18-7-8-18)38-20-11-9-19(10-12-20)24-33-25(35-26(34-24)37-4)21-15-17(5-13-22(21)29)6-14-23(36)27(2,3)28(30,31)32/h5,9-13,15-16,18H,6-8,14H2,1-4H3/t16-/m1/s1. The summed E-state index contributed by atoms with van der Waals surface area (Å²) in [6.45, 7) is 3.86. The van der Waals surface area contributed by atoms with Crippen LogP contribution < -0.4 is 9.47 Å². The van der Waals surface area contributed by atoms with Gasteiger partial charge in [0.1, 0.15) is 16.9 Å². The predicted molar refractivity (Wildman–Crippen MR) is 138 cm³/mol. The minimum Gasteiger partial charge on any atom is -0.490 e. The van der Waals surface area contributed by atoms with E-state index in [4.69, 9.17) is 21.1 Å². The molecule has 2 aromatic carbocycles. The molecular weight excluding hydrogens is 519 g/mol. The van der Waals surface area contributed by atoms with Crippen LogP contribution in [-0.2, 0) is 11.2 Å². The number of Topliss-reactive ketones (excluding diaryl/α,β-unsaturated/α-hetero) is 1. The fourth-order valence-electron chi connectivity index (χ4n) is 3.88. The maximum atomic E-state index is 13.2. The lowest BCUT2D eigenvalue weighted by Gasteiger charge is -2.26. The highest BCUT2D eigenvalue weighted by molar-refractivity contribution is 6.33. The van der Waals surface area contributed by atoms with Crippen molar-refractivity contribution in [3.8, 4) is 34.5 Å². The summed E-state index contributed by atoms with van der Waals surface area (Å²) >= 11 is 6.45. The molecule has 38 heavy (non-hydrogen) atoms.